The van der Waals surface area contributed by atoms with E-state index in [0.717, 1.165) is 6.42 Å². The molecule has 0 bridgehead atoms. The van der Waals surface area contributed by atoms with Gasteiger partial charge in [0.1, 0.15) is 0 Å². The first kappa shape index (κ1) is 22.6. The molecule has 0 saturated carbocycles. The molecule has 1 heterocycles. The van der Waals surface area contributed by atoms with Crippen LogP contribution in [0.3, 0.4) is 0 Å². The predicted octanol–water partition coefficient (Wildman–Crippen LogP) is 2.23. The van der Waals surface area contributed by atoms with E-state index in [1.165, 1.54) is 23.4 Å². The first-order chi connectivity index (χ1) is 12.9. The number of carbonyl (C=O) groups excluding carboxylic acids is 1. The molecule has 158 valence electrons. The van der Waals surface area contributed by atoms with Crippen LogP contribution in [0.15, 0.2) is 23.1 Å². The Morgan fingerprint density at radius 1 is 1.21 bits per heavy atom. The van der Waals surface area contributed by atoms with Crippen molar-refractivity contribution in [3.63, 3.8) is 0 Å². The van der Waals surface area contributed by atoms with E-state index >= 15 is 0 Å². The SMILES string of the molecule is CCC(C)NC(=O)CN1CCN(S(=O)(=O)c2ccc(C)c(C(F)(F)F)c2)CC1. The maximum Gasteiger partial charge on any atom is 0.416 e. The fraction of sp³-hybridized carbons (Fsp3) is 0.611. The minimum Gasteiger partial charge on any atom is -0.353 e. The lowest BCUT2D eigenvalue weighted by atomic mass is 10.1. The summed E-state index contributed by atoms with van der Waals surface area (Å²) in [6.07, 6.45) is -3.80. The number of halogens is 3. The number of piperazine rings is 1. The van der Waals surface area contributed by atoms with E-state index in [1.54, 1.807) is 0 Å². The lowest BCUT2D eigenvalue weighted by Gasteiger charge is -2.33. The Balaban J connectivity index is 2.05. The first-order valence-corrected chi connectivity index (χ1v) is 10.6. The minimum atomic E-state index is -4.61. The van der Waals surface area contributed by atoms with Crippen molar-refractivity contribution >= 4 is 15.9 Å². The molecular formula is C18H26F3N3O3S. The average molecular weight is 421 g/mol. The molecule has 0 aliphatic carbocycles. The second-order valence-corrected chi connectivity index (χ2v) is 8.97. The summed E-state index contributed by atoms with van der Waals surface area (Å²) in [6, 6.07) is 3.13. The summed E-state index contributed by atoms with van der Waals surface area (Å²) in [5, 5.41) is 2.85. The molecule has 1 N–H and O–H groups in total. The normalized spacial score (nSPS) is 18.1. The molecule has 2 rings (SSSR count). The molecule has 1 aliphatic rings. The Kier molecular flexibility index (Phi) is 7.11. The minimum absolute atomic E-state index is 0.0245. The van der Waals surface area contributed by atoms with Crippen LogP contribution in [-0.4, -0.2) is 62.3 Å². The summed E-state index contributed by atoms with van der Waals surface area (Å²) in [5.41, 5.74) is -0.975. The number of carbonyl (C=O) groups is 1. The first-order valence-electron chi connectivity index (χ1n) is 9.15. The monoisotopic (exact) mass is 421 g/mol. The van der Waals surface area contributed by atoms with Gasteiger partial charge in [-0.3, -0.25) is 9.69 Å². The van der Waals surface area contributed by atoms with Gasteiger partial charge in [-0.1, -0.05) is 13.0 Å². The molecule has 1 aromatic rings. The van der Waals surface area contributed by atoms with Gasteiger partial charge in [0.15, 0.2) is 0 Å². The van der Waals surface area contributed by atoms with Crippen LogP contribution in [0.1, 0.15) is 31.4 Å². The lowest BCUT2D eigenvalue weighted by molar-refractivity contribution is -0.138. The third-order valence-electron chi connectivity index (χ3n) is 4.87. The molecule has 1 amide bonds. The van der Waals surface area contributed by atoms with Crippen LogP contribution in [0, 0.1) is 6.92 Å². The number of hydrogen-bond donors (Lipinski definition) is 1. The molecule has 6 nitrogen and oxygen atoms in total. The van der Waals surface area contributed by atoms with Crippen LogP contribution in [0.4, 0.5) is 13.2 Å². The van der Waals surface area contributed by atoms with Gasteiger partial charge in [0, 0.05) is 32.2 Å². The van der Waals surface area contributed by atoms with Crippen LogP contribution >= 0.6 is 0 Å². The molecule has 1 aliphatic heterocycles. The number of aryl methyl sites for hydroxylation is 1. The molecule has 1 atom stereocenters. The van der Waals surface area contributed by atoms with Gasteiger partial charge in [0.05, 0.1) is 17.0 Å². The highest BCUT2D eigenvalue weighted by atomic mass is 32.2. The standard InChI is InChI=1S/C18H26F3N3O3S/c1-4-14(3)22-17(25)12-23-7-9-24(10-8-23)28(26,27)15-6-5-13(2)16(11-15)18(19,20)21/h5-6,11,14H,4,7-10,12H2,1-3H3,(H,22,25). The zero-order valence-corrected chi connectivity index (χ0v) is 17.0. The summed E-state index contributed by atoms with van der Waals surface area (Å²) in [6.45, 7) is 6.24. The molecule has 0 radical (unpaired) electrons. The molecule has 1 fully saturated rings. The van der Waals surface area contributed by atoms with Crippen molar-refractivity contribution in [3.8, 4) is 0 Å². The van der Waals surface area contributed by atoms with Gasteiger partial charge in [0.25, 0.3) is 0 Å². The summed E-state index contributed by atoms with van der Waals surface area (Å²) >= 11 is 0. The van der Waals surface area contributed by atoms with Crippen molar-refractivity contribution in [3.05, 3.63) is 29.3 Å². The van der Waals surface area contributed by atoms with Crippen LogP contribution in [0.5, 0.6) is 0 Å². The van der Waals surface area contributed by atoms with E-state index in [1.807, 2.05) is 18.7 Å². The van der Waals surface area contributed by atoms with Gasteiger partial charge in [-0.15, -0.1) is 0 Å². The van der Waals surface area contributed by atoms with E-state index in [4.69, 9.17) is 0 Å². The van der Waals surface area contributed by atoms with Gasteiger partial charge >= 0.3 is 6.18 Å². The number of nitrogens with one attached hydrogen (secondary N) is 1. The van der Waals surface area contributed by atoms with Crippen molar-refractivity contribution in [2.75, 3.05) is 32.7 Å². The van der Waals surface area contributed by atoms with Crippen molar-refractivity contribution in [1.29, 1.82) is 0 Å². The number of hydrogen-bond acceptors (Lipinski definition) is 4. The molecule has 1 unspecified atom stereocenters. The van der Waals surface area contributed by atoms with Gasteiger partial charge in [-0.2, -0.15) is 17.5 Å². The van der Waals surface area contributed by atoms with Crippen LogP contribution in [0.25, 0.3) is 0 Å². The van der Waals surface area contributed by atoms with Gasteiger partial charge in [0.2, 0.25) is 15.9 Å². The fourth-order valence-electron chi connectivity index (χ4n) is 2.97. The van der Waals surface area contributed by atoms with Crippen molar-refractivity contribution in [2.45, 2.75) is 44.3 Å². The van der Waals surface area contributed by atoms with Crippen LogP contribution < -0.4 is 5.32 Å². The van der Waals surface area contributed by atoms with Crippen molar-refractivity contribution in [1.82, 2.24) is 14.5 Å². The average Bonchev–Trinajstić information content (AvgIpc) is 2.61. The Morgan fingerprint density at radius 2 is 1.82 bits per heavy atom. The van der Waals surface area contributed by atoms with Crippen molar-refractivity contribution in [2.24, 2.45) is 0 Å². The van der Waals surface area contributed by atoms with E-state index < -0.39 is 21.8 Å². The maximum absolute atomic E-state index is 13.1. The number of sulfonamides is 1. The van der Waals surface area contributed by atoms with Gasteiger partial charge in [-0.05, 0) is 38.0 Å². The van der Waals surface area contributed by atoms with E-state index in [2.05, 4.69) is 5.32 Å². The summed E-state index contributed by atoms with van der Waals surface area (Å²) in [7, 11) is -4.03. The van der Waals surface area contributed by atoms with E-state index in [0.29, 0.717) is 19.2 Å². The summed E-state index contributed by atoms with van der Waals surface area (Å²) < 4.78 is 66.0. The largest absolute Gasteiger partial charge is 0.416 e. The predicted molar refractivity (Wildman–Crippen MR) is 99.3 cm³/mol. The zero-order chi connectivity index (χ0) is 21.1. The quantitative estimate of drug-likeness (QED) is 0.765. The Labute approximate surface area is 163 Å². The topological polar surface area (TPSA) is 69.7 Å². The summed E-state index contributed by atoms with van der Waals surface area (Å²) in [4.78, 5) is 13.4. The Bertz CT molecular complexity index is 804. The third kappa shape index (κ3) is 5.45. The van der Waals surface area contributed by atoms with Crippen molar-refractivity contribution < 1.29 is 26.4 Å². The second-order valence-electron chi connectivity index (χ2n) is 7.03. The molecule has 1 aromatic carbocycles. The number of benzene rings is 1. The van der Waals surface area contributed by atoms with Gasteiger partial charge in [-0.25, -0.2) is 8.42 Å². The zero-order valence-electron chi connectivity index (χ0n) is 16.2. The number of rotatable bonds is 6. The number of amides is 1. The number of nitrogens with zero attached hydrogens (tertiary/aromatic N) is 2. The molecular weight excluding hydrogens is 395 g/mol. The molecule has 0 aromatic heterocycles. The molecule has 10 heteroatoms. The molecule has 28 heavy (non-hydrogen) atoms. The highest BCUT2D eigenvalue weighted by Crippen LogP contribution is 2.33. The smallest absolute Gasteiger partial charge is 0.353 e. The summed E-state index contributed by atoms with van der Waals surface area (Å²) in [5.74, 6) is -0.126. The molecule has 1 saturated heterocycles. The Hall–Kier alpha value is -1.65. The lowest BCUT2D eigenvalue weighted by Crippen LogP contribution is -2.51. The van der Waals surface area contributed by atoms with Crippen LogP contribution in [-0.2, 0) is 21.0 Å². The van der Waals surface area contributed by atoms with E-state index in [-0.39, 0.29) is 42.0 Å². The Morgan fingerprint density at radius 3 is 2.36 bits per heavy atom. The maximum atomic E-state index is 13.1. The fourth-order valence-corrected chi connectivity index (χ4v) is 4.42. The highest BCUT2D eigenvalue weighted by molar-refractivity contribution is 7.89. The third-order valence-corrected chi connectivity index (χ3v) is 6.77. The number of alkyl halides is 3. The van der Waals surface area contributed by atoms with Crippen LogP contribution in [0.2, 0.25) is 0 Å². The highest BCUT2D eigenvalue weighted by Gasteiger charge is 2.35. The molecule has 0 spiro atoms. The van der Waals surface area contributed by atoms with E-state index in [9.17, 15) is 26.4 Å². The second kappa shape index (κ2) is 8.79. The van der Waals surface area contributed by atoms with Gasteiger partial charge < -0.3 is 5.32 Å².